The first-order chi connectivity index (χ1) is 12.9. The number of amides is 1. The lowest BCUT2D eigenvalue weighted by atomic mass is 10.1. The molecule has 0 saturated carbocycles. The number of ketones is 1. The standard InChI is InChI=1S/C21H33NO4S/c1-5-7-8-9-10-11-12-13-14-17(24)22-20-18(21(25)26-6-2)15(3)19(27-20)16(4)23/h5-14H2,1-4H3,(H,22,24). The second-order valence-corrected chi connectivity index (χ2v) is 7.83. The zero-order valence-electron chi connectivity index (χ0n) is 17.1. The van der Waals surface area contributed by atoms with Gasteiger partial charge >= 0.3 is 5.97 Å². The van der Waals surface area contributed by atoms with Gasteiger partial charge in [-0.25, -0.2) is 4.79 Å². The minimum Gasteiger partial charge on any atom is -0.462 e. The van der Waals surface area contributed by atoms with Gasteiger partial charge < -0.3 is 10.1 Å². The zero-order chi connectivity index (χ0) is 20.2. The molecule has 0 aliphatic heterocycles. The van der Waals surface area contributed by atoms with Crippen LogP contribution in [0.2, 0.25) is 0 Å². The monoisotopic (exact) mass is 395 g/mol. The summed E-state index contributed by atoms with van der Waals surface area (Å²) in [5.41, 5.74) is 0.879. The van der Waals surface area contributed by atoms with Gasteiger partial charge in [0.2, 0.25) is 5.91 Å². The molecule has 1 rings (SSSR count). The van der Waals surface area contributed by atoms with Crippen molar-refractivity contribution in [3.63, 3.8) is 0 Å². The number of nitrogens with one attached hydrogen (secondary N) is 1. The van der Waals surface area contributed by atoms with E-state index in [0.29, 0.717) is 27.4 Å². The lowest BCUT2D eigenvalue weighted by molar-refractivity contribution is -0.116. The number of carbonyl (C=O) groups is 3. The largest absolute Gasteiger partial charge is 0.462 e. The van der Waals surface area contributed by atoms with Crippen molar-refractivity contribution >= 4 is 34.0 Å². The fourth-order valence-electron chi connectivity index (χ4n) is 3.00. The van der Waals surface area contributed by atoms with E-state index in [1.165, 1.54) is 39.0 Å². The van der Waals surface area contributed by atoms with Crippen LogP contribution < -0.4 is 5.32 Å². The Morgan fingerprint density at radius 1 is 0.963 bits per heavy atom. The molecule has 1 aromatic heterocycles. The van der Waals surface area contributed by atoms with Gasteiger partial charge in [-0.3, -0.25) is 9.59 Å². The van der Waals surface area contributed by atoms with Gasteiger partial charge in [-0.05, 0) is 32.8 Å². The highest BCUT2D eigenvalue weighted by atomic mass is 32.1. The zero-order valence-corrected chi connectivity index (χ0v) is 17.9. The van der Waals surface area contributed by atoms with Crippen molar-refractivity contribution in [2.24, 2.45) is 0 Å². The van der Waals surface area contributed by atoms with Gasteiger partial charge in [0.15, 0.2) is 5.78 Å². The van der Waals surface area contributed by atoms with Crippen LogP contribution in [0, 0.1) is 6.92 Å². The van der Waals surface area contributed by atoms with E-state index in [9.17, 15) is 14.4 Å². The highest BCUT2D eigenvalue weighted by Gasteiger charge is 2.25. The summed E-state index contributed by atoms with van der Waals surface area (Å²) in [5, 5.41) is 3.23. The van der Waals surface area contributed by atoms with Gasteiger partial charge in [-0.1, -0.05) is 51.9 Å². The summed E-state index contributed by atoms with van der Waals surface area (Å²) in [6, 6.07) is 0. The molecule has 1 amide bonds. The summed E-state index contributed by atoms with van der Waals surface area (Å²) in [4.78, 5) is 36.8. The van der Waals surface area contributed by atoms with Gasteiger partial charge in [-0.15, -0.1) is 11.3 Å². The number of ether oxygens (including phenoxy) is 1. The Balaban J connectivity index is 2.56. The van der Waals surface area contributed by atoms with Crippen molar-refractivity contribution in [1.29, 1.82) is 0 Å². The van der Waals surface area contributed by atoms with Crippen LogP contribution in [0.5, 0.6) is 0 Å². The van der Waals surface area contributed by atoms with Crippen molar-refractivity contribution < 1.29 is 19.1 Å². The van der Waals surface area contributed by atoms with Crippen LogP contribution >= 0.6 is 11.3 Å². The van der Waals surface area contributed by atoms with Crippen molar-refractivity contribution in [3.8, 4) is 0 Å². The number of carbonyl (C=O) groups excluding carboxylic acids is 3. The fourth-order valence-corrected chi connectivity index (χ4v) is 4.10. The molecule has 0 aliphatic carbocycles. The lowest BCUT2D eigenvalue weighted by Gasteiger charge is -2.07. The third kappa shape index (κ3) is 7.83. The Bertz CT molecular complexity index is 636. The third-order valence-electron chi connectivity index (χ3n) is 4.46. The van der Waals surface area contributed by atoms with Crippen LogP contribution in [0.3, 0.4) is 0 Å². The lowest BCUT2D eigenvalue weighted by Crippen LogP contribution is -2.14. The van der Waals surface area contributed by atoms with Crippen molar-refractivity contribution in [2.75, 3.05) is 11.9 Å². The van der Waals surface area contributed by atoms with Crippen LogP contribution in [0.25, 0.3) is 0 Å². The molecule has 0 saturated heterocycles. The molecule has 5 nitrogen and oxygen atoms in total. The van der Waals surface area contributed by atoms with E-state index < -0.39 is 5.97 Å². The van der Waals surface area contributed by atoms with E-state index in [1.807, 2.05) is 0 Å². The minimum absolute atomic E-state index is 0.119. The number of hydrogen-bond donors (Lipinski definition) is 1. The van der Waals surface area contributed by atoms with Gasteiger partial charge in [0.05, 0.1) is 17.0 Å². The van der Waals surface area contributed by atoms with Crippen LogP contribution in [-0.4, -0.2) is 24.3 Å². The maximum Gasteiger partial charge on any atom is 0.341 e. The molecule has 0 aromatic carbocycles. The van der Waals surface area contributed by atoms with Crippen LogP contribution in [0.1, 0.15) is 104 Å². The molecule has 0 unspecified atom stereocenters. The van der Waals surface area contributed by atoms with Gasteiger partial charge in [0.25, 0.3) is 0 Å². The highest BCUT2D eigenvalue weighted by Crippen LogP contribution is 2.34. The third-order valence-corrected chi connectivity index (χ3v) is 5.76. The number of Topliss-reactive ketones (excluding diaryl/α,β-unsaturated/α-hetero) is 1. The number of hydrogen-bond acceptors (Lipinski definition) is 5. The molecular weight excluding hydrogens is 362 g/mol. The second-order valence-electron chi connectivity index (χ2n) is 6.81. The molecule has 0 bridgehead atoms. The van der Waals surface area contributed by atoms with E-state index in [1.54, 1.807) is 13.8 Å². The second kappa shape index (κ2) is 12.7. The first-order valence-corrected chi connectivity index (χ1v) is 10.8. The molecule has 1 N–H and O–H groups in total. The Hall–Kier alpha value is -1.69. The molecule has 0 atom stereocenters. The molecule has 6 heteroatoms. The van der Waals surface area contributed by atoms with Gasteiger partial charge in [0.1, 0.15) is 5.00 Å². The normalized spacial score (nSPS) is 10.7. The minimum atomic E-state index is -0.499. The summed E-state index contributed by atoms with van der Waals surface area (Å²) < 4.78 is 5.08. The molecule has 0 spiro atoms. The number of anilines is 1. The molecule has 1 heterocycles. The molecule has 0 aliphatic rings. The number of thiophene rings is 1. The maximum absolute atomic E-state index is 12.3. The molecule has 1 aromatic rings. The summed E-state index contributed by atoms with van der Waals surface area (Å²) in [6.07, 6.45) is 9.77. The van der Waals surface area contributed by atoms with E-state index in [4.69, 9.17) is 4.74 Å². The molecule has 27 heavy (non-hydrogen) atoms. The van der Waals surface area contributed by atoms with Crippen LogP contribution in [0.15, 0.2) is 0 Å². The highest BCUT2D eigenvalue weighted by molar-refractivity contribution is 7.18. The fraction of sp³-hybridized carbons (Fsp3) is 0.667. The molecule has 152 valence electrons. The van der Waals surface area contributed by atoms with Gasteiger partial charge in [0, 0.05) is 6.42 Å². The quantitative estimate of drug-likeness (QED) is 0.256. The van der Waals surface area contributed by atoms with E-state index in [0.717, 1.165) is 30.6 Å². The number of rotatable bonds is 13. The maximum atomic E-state index is 12.3. The van der Waals surface area contributed by atoms with Crippen molar-refractivity contribution in [1.82, 2.24) is 0 Å². The summed E-state index contributed by atoms with van der Waals surface area (Å²) in [7, 11) is 0. The topological polar surface area (TPSA) is 72.5 Å². The first-order valence-electron chi connectivity index (χ1n) is 10.0. The molecular formula is C21H33NO4S. The van der Waals surface area contributed by atoms with E-state index in [2.05, 4.69) is 12.2 Å². The molecule has 0 radical (unpaired) electrons. The average molecular weight is 396 g/mol. The SMILES string of the molecule is CCCCCCCCCCC(=O)Nc1sc(C(C)=O)c(C)c1C(=O)OCC. The predicted octanol–water partition coefficient (Wildman–Crippen LogP) is 5.91. The first kappa shape index (κ1) is 23.3. The molecule has 0 fully saturated rings. The van der Waals surface area contributed by atoms with Crippen molar-refractivity contribution in [3.05, 3.63) is 16.0 Å². The van der Waals surface area contributed by atoms with Gasteiger partial charge in [-0.2, -0.15) is 0 Å². The summed E-state index contributed by atoms with van der Waals surface area (Å²) in [5.74, 6) is -0.740. The van der Waals surface area contributed by atoms with E-state index >= 15 is 0 Å². The Kier molecular flexibility index (Phi) is 10.9. The Labute approximate surface area is 166 Å². The van der Waals surface area contributed by atoms with Crippen LogP contribution in [-0.2, 0) is 9.53 Å². The van der Waals surface area contributed by atoms with E-state index in [-0.39, 0.29) is 18.3 Å². The average Bonchev–Trinajstić information content (AvgIpc) is 2.93. The number of esters is 1. The Morgan fingerprint density at radius 2 is 1.56 bits per heavy atom. The summed E-state index contributed by atoms with van der Waals surface area (Å²) in [6.45, 7) is 7.36. The van der Waals surface area contributed by atoms with Crippen molar-refractivity contribution in [2.45, 2.75) is 85.5 Å². The predicted molar refractivity (Wildman–Crippen MR) is 111 cm³/mol. The Morgan fingerprint density at radius 3 is 2.11 bits per heavy atom. The smallest absolute Gasteiger partial charge is 0.341 e. The summed E-state index contributed by atoms with van der Waals surface area (Å²) >= 11 is 1.15. The number of unbranched alkanes of at least 4 members (excludes halogenated alkanes) is 7. The van der Waals surface area contributed by atoms with Crippen LogP contribution in [0.4, 0.5) is 5.00 Å².